The summed E-state index contributed by atoms with van der Waals surface area (Å²) in [6.07, 6.45) is 1.94. The maximum atomic E-state index is 13.0. The molecule has 1 aliphatic heterocycles. The Morgan fingerprint density at radius 1 is 1.23 bits per heavy atom. The Bertz CT molecular complexity index is 917. The van der Waals surface area contributed by atoms with E-state index in [4.69, 9.17) is 16.3 Å². The Hall–Kier alpha value is -1.93. The summed E-state index contributed by atoms with van der Waals surface area (Å²) in [6.45, 7) is 3.60. The van der Waals surface area contributed by atoms with Gasteiger partial charge in [0.25, 0.3) is 5.91 Å². The average Bonchev–Trinajstić information content (AvgIpc) is 3.26. The van der Waals surface area contributed by atoms with Crippen LogP contribution < -0.4 is 5.32 Å². The highest BCUT2D eigenvalue weighted by Crippen LogP contribution is 2.21. The lowest BCUT2D eigenvalue weighted by atomic mass is 10.2. The SMILES string of the molecule is O=C(c1nc2ccccn2c1CNCc1ccc(Cl)s1)N1CCOCC1. The van der Waals surface area contributed by atoms with Crippen LogP contribution in [0.4, 0.5) is 0 Å². The van der Waals surface area contributed by atoms with Crippen molar-refractivity contribution in [2.45, 2.75) is 13.1 Å². The van der Waals surface area contributed by atoms with Crippen LogP contribution in [0.3, 0.4) is 0 Å². The van der Waals surface area contributed by atoms with Crippen LogP contribution in [0, 0.1) is 0 Å². The van der Waals surface area contributed by atoms with Crippen molar-refractivity contribution in [3.05, 3.63) is 57.1 Å². The van der Waals surface area contributed by atoms with Crippen molar-refractivity contribution in [2.75, 3.05) is 26.3 Å². The molecule has 1 aliphatic rings. The number of rotatable bonds is 5. The third kappa shape index (κ3) is 3.61. The lowest BCUT2D eigenvalue weighted by molar-refractivity contribution is 0.0298. The molecule has 6 nitrogen and oxygen atoms in total. The standard InChI is InChI=1S/C18H19ClN4O2S/c19-15-5-4-13(26-15)11-20-12-14-17(18(24)22-7-9-25-10-8-22)21-16-3-1-2-6-23(14)16/h1-6,20H,7-12H2. The number of ether oxygens (including phenoxy) is 1. The number of pyridine rings is 1. The Balaban J connectivity index is 1.57. The quantitative estimate of drug-likeness (QED) is 0.727. The molecular weight excluding hydrogens is 372 g/mol. The van der Waals surface area contributed by atoms with Crippen LogP contribution in [0.5, 0.6) is 0 Å². The normalized spacial score (nSPS) is 14.9. The molecule has 0 spiro atoms. The zero-order valence-electron chi connectivity index (χ0n) is 14.2. The number of hydrogen-bond donors (Lipinski definition) is 1. The van der Waals surface area contributed by atoms with Crippen LogP contribution in [0.25, 0.3) is 5.65 Å². The molecule has 3 aromatic rings. The van der Waals surface area contributed by atoms with Crippen LogP contribution in [-0.4, -0.2) is 46.5 Å². The number of carbonyl (C=O) groups excluding carboxylic acids is 1. The lowest BCUT2D eigenvalue weighted by Crippen LogP contribution is -2.41. The maximum Gasteiger partial charge on any atom is 0.274 e. The molecule has 1 fully saturated rings. The van der Waals surface area contributed by atoms with Gasteiger partial charge in [0.05, 0.1) is 23.2 Å². The second-order valence-electron chi connectivity index (χ2n) is 6.05. The van der Waals surface area contributed by atoms with E-state index in [1.54, 1.807) is 11.3 Å². The summed E-state index contributed by atoms with van der Waals surface area (Å²) < 4.78 is 8.10. The molecule has 0 aliphatic carbocycles. The fourth-order valence-electron chi connectivity index (χ4n) is 3.05. The van der Waals surface area contributed by atoms with Crippen molar-refractivity contribution in [2.24, 2.45) is 0 Å². The molecule has 0 saturated carbocycles. The third-order valence-corrected chi connectivity index (χ3v) is 5.58. The van der Waals surface area contributed by atoms with Gasteiger partial charge in [-0.1, -0.05) is 17.7 Å². The average molecular weight is 391 g/mol. The molecule has 1 saturated heterocycles. The van der Waals surface area contributed by atoms with Crippen molar-refractivity contribution in [1.82, 2.24) is 19.6 Å². The van der Waals surface area contributed by atoms with Crippen LogP contribution >= 0.6 is 22.9 Å². The zero-order valence-corrected chi connectivity index (χ0v) is 15.7. The fraction of sp³-hybridized carbons (Fsp3) is 0.333. The highest BCUT2D eigenvalue weighted by Gasteiger charge is 2.25. The van der Waals surface area contributed by atoms with E-state index < -0.39 is 0 Å². The Morgan fingerprint density at radius 2 is 2.08 bits per heavy atom. The first-order chi connectivity index (χ1) is 12.7. The van der Waals surface area contributed by atoms with Crippen molar-refractivity contribution >= 4 is 34.5 Å². The molecule has 0 bridgehead atoms. The van der Waals surface area contributed by atoms with Gasteiger partial charge in [-0.3, -0.25) is 4.79 Å². The molecule has 0 radical (unpaired) electrons. The predicted molar refractivity (Wildman–Crippen MR) is 102 cm³/mol. The van der Waals surface area contributed by atoms with E-state index in [0.29, 0.717) is 45.1 Å². The zero-order chi connectivity index (χ0) is 17.9. The first-order valence-electron chi connectivity index (χ1n) is 8.50. The highest BCUT2D eigenvalue weighted by molar-refractivity contribution is 7.16. The minimum atomic E-state index is -0.0343. The van der Waals surface area contributed by atoms with E-state index in [-0.39, 0.29) is 5.91 Å². The topological polar surface area (TPSA) is 58.9 Å². The van der Waals surface area contributed by atoms with Crippen LogP contribution in [-0.2, 0) is 17.8 Å². The van der Waals surface area contributed by atoms with E-state index >= 15 is 0 Å². The number of aromatic nitrogens is 2. The predicted octanol–water partition coefficient (Wildman–Crippen LogP) is 2.81. The molecule has 1 N–H and O–H groups in total. The number of thiophene rings is 1. The molecule has 1 amide bonds. The van der Waals surface area contributed by atoms with Gasteiger partial charge < -0.3 is 19.4 Å². The number of hydrogen-bond acceptors (Lipinski definition) is 5. The van der Waals surface area contributed by atoms with Crippen molar-refractivity contribution in [3.63, 3.8) is 0 Å². The summed E-state index contributed by atoms with van der Waals surface area (Å²) in [7, 11) is 0. The molecule has 0 atom stereocenters. The van der Waals surface area contributed by atoms with Gasteiger partial charge in [-0.15, -0.1) is 11.3 Å². The smallest absolute Gasteiger partial charge is 0.274 e. The molecule has 0 aromatic carbocycles. The molecule has 8 heteroatoms. The fourth-order valence-corrected chi connectivity index (χ4v) is 4.11. The summed E-state index contributed by atoms with van der Waals surface area (Å²) in [5.74, 6) is -0.0343. The first kappa shape index (κ1) is 17.5. The van der Waals surface area contributed by atoms with Gasteiger partial charge in [0.2, 0.25) is 0 Å². The number of halogens is 1. The van der Waals surface area contributed by atoms with Crippen LogP contribution in [0.2, 0.25) is 4.34 Å². The van der Waals surface area contributed by atoms with Gasteiger partial charge in [-0.05, 0) is 24.3 Å². The molecule has 3 aromatic heterocycles. The highest BCUT2D eigenvalue weighted by atomic mass is 35.5. The molecular formula is C18H19ClN4O2S. The third-order valence-electron chi connectivity index (χ3n) is 4.35. The minimum Gasteiger partial charge on any atom is -0.378 e. The van der Waals surface area contributed by atoms with Gasteiger partial charge in [-0.25, -0.2) is 4.98 Å². The van der Waals surface area contributed by atoms with Crippen molar-refractivity contribution in [1.29, 1.82) is 0 Å². The van der Waals surface area contributed by atoms with E-state index in [1.165, 1.54) is 0 Å². The van der Waals surface area contributed by atoms with E-state index in [0.717, 1.165) is 20.6 Å². The second-order valence-corrected chi connectivity index (χ2v) is 7.85. The van der Waals surface area contributed by atoms with E-state index in [1.807, 2.05) is 45.8 Å². The van der Waals surface area contributed by atoms with Gasteiger partial charge in [-0.2, -0.15) is 0 Å². The number of carbonyl (C=O) groups is 1. The monoisotopic (exact) mass is 390 g/mol. The second kappa shape index (κ2) is 7.75. The minimum absolute atomic E-state index is 0.0343. The number of fused-ring (bicyclic) bond motifs is 1. The maximum absolute atomic E-state index is 13.0. The molecule has 4 rings (SSSR count). The van der Waals surface area contributed by atoms with Gasteiger partial charge in [0.15, 0.2) is 5.69 Å². The summed E-state index contributed by atoms with van der Waals surface area (Å²) >= 11 is 7.54. The van der Waals surface area contributed by atoms with Gasteiger partial charge >= 0.3 is 0 Å². The van der Waals surface area contributed by atoms with Crippen molar-refractivity contribution in [3.8, 4) is 0 Å². The summed E-state index contributed by atoms with van der Waals surface area (Å²) in [5.41, 5.74) is 2.16. The molecule has 26 heavy (non-hydrogen) atoms. The van der Waals surface area contributed by atoms with Crippen LogP contribution in [0.1, 0.15) is 21.1 Å². The summed E-state index contributed by atoms with van der Waals surface area (Å²) in [5, 5.41) is 3.40. The van der Waals surface area contributed by atoms with E-state index in [9.17, 15) is 4.79 Å². The summed E-state index contributed by atoms with van der Waals surface area (Å²) in [4.78, 5) is 20.5. The first-order valence-corrected chi connectivity index (χ1v) is 9.70. The Morgan fingerprint density at radius 3 is 2.85 bits per heavy atom. The van der Waals surface area contributed by atoms with Crippen molar-refractivity contribution < 1.29 is 9.53 Å². The number of imidazole rings is 1. The molecule has 4 heterocycles. The van der Waals surface area contributed by atoms with Crippen LogP contribution in [0.15, 0.2) is 36.5 Å². The molecule has 136 valence electrons. The summed E-state index contributed by atoms with van der Waals surface area (Å²) in [6, 6.07) is 9.69. The number of amides is 1. The Labute approximate surface area is 160 Å². The van der Waals surface area contributed by atoms with Gasteiger partial charge in [0.1, 0.15) is 5.65 Å². The number of nitrogens with zero attached hydrogens (tertiary/aromatic N) is 3. The van der Waals surface area contributed by atoms with E-state index in [2.05, 4.69) is 10.3 Å². The number of morpholine rings is 1. The Kier molecular flexibility index (Phi) is 5.21. The molecule has 0 unspecified atom stereocenters. The van der Waals surface area contributed by atoms with Gasteiger partial charge in [0, 0.05) is 37.3 Å². The lowest BCUT2D eigenvalue weighted by Gasteiger charge is -2.26. The number of nitrogens with one attached hydrogen (secondary N) is 1. The largest absolute Gasteiger partial charge is 0.378 e.